The fourth-order valence-corrected chi connectivity index (χ4v) is 5.68. The lowest BCUT2D eigenvalue weighted by Crippen LogP contribution is -2.43. The van der Waals surface area contributed by atoms with Crippen LogP contribution in [-0.2, 0) is 24.3 Å². The van der Waals surface area contributed by atoms with Gasteiger partial charge in [0.25, 0.3) is 0 Å². The van der Waals surface area contributed by atoms with Crippen molar-refractivity contribution in [3.05, 3.63) is 75.7 Å². The molecule has 0 unspecified atom stereocenters. The van der Waals surface area contributed by atoms with Crippen LogP contribution in [0.2, 0.25) is 0 Å². The predicted molar refractivity (Wildman–Crippen MR) is 174 cm³/mol. The number of nitrogens with two attached hydrogens (primary N) is 2. The van der Waals surface area contributed by atoms with E-state index in [-0.39, 0.29) is 29.2 Å². The van der Waals surface area contributed by atoms with Crippen molar-refractivity contribution >= 4 is 22.9 Å². The lowest BCUT2D eigenvalue weighted by atomic mass is 9.93. The summed E-state index contributed by atoms with van der Waals surface area (Å²) in [6, 6.07) is 14.7. The van der Waals surface area contributed by atoms with E-state index < -0.39 is 6.04 Å². The number of aromatic hydroxyl groups is 1. The molecular weight excluding hydrogens is 572 g/mol. The Morgan fingerprint density at radius 3 is 2.42 bits per heavy atom. The molecule has 1 fully saturated rings. The first-order valence-corrected chi connectivity index (χ1v) is 15.8. The number of carbonyl (C=O) groups excluding carboxylic acids is 1. The normalized spacial score (nSPS) is 14.9. The number of phenols is 1. The molecule has 1 atom stereocenters. The molecule has 2 aromatic heterocycles. The van der Waals surface area contributed by atoms with E-state index in [1.807, 2.05) is 12.1 Å². The molecule has 0 radical (unpaired) electrons. The summed E-state index contributed by atoms with van der Waals surface area (Å²) < 4.78 is 7.20. The fourth-order valence-electron chi connectivity index (χ4n) is 5.68. The number of fused-ring (bicyclic) bond motifs is 1. The molecule has 1 aliphatic rings. The van der Waals surface area contributed by atoms with E-state index in [0.717, 1.165) is 62.9 Å². The highest BCUT2D eigenvalue weighted by atomic mass is 16.5. The van der Waals surface area contributed by atoms with E-state index >= 15 is 0 Å². The van der Waals surface area contributed by atoms with Crippen LogP contribution in [0.1, 0.15) is 55.7 Å². The van der Waals surface area contributed by atoms with Crippen molar-refractivity contribution in [2.45, 2.75) is 64.6 Å². The minimum absolute atomic E-state index is 0.142. The Morgan fingerprint density at radius 2 is 1.73 bits per heavy atom. The molecular formula is C33H44N8O4. The van der Waals surface area contributed by atoms with Crippen molar-refractivity contribution < 1.29 is 14.6 Å². The van der Waals surface area contributed by atoms with Gasteiger partial charge in [0, 0.05) is 13.1 Å². The van der Waals surface area contributed by atoms with Crippen LogP contribution in [0.25, 0.3) is 11.2 Å². The third kappa shape index (κ3) is 8.61. The smallest absolute Gasteiger partial charge is 0.328 e. The van der Waals surface area contributed by atoms with Crippen LogP contribution in [0, 0.1) is 5.92 Å². The molecule has 3 heterocycles. The number of piperidine rings is 1. The van der Waals surface area contributed by atoms with Crippen molar-refractivity contribution in [2.75, 3.05) is 32.0 Å². The number of nitrogen functional groups attached to an aromatic ring is 1. The molecule has 7 N–H and O–H groups in total. The molecule has 1 amide bonds. The number of likely N-dealkylation sites (tertiary alicyclic amines) is 1. The van der Waals surface area contributed by atoms with E-state index in [4.69, 9.17) is 16.2 Å². The Morgan fingerprint density at radius 1 is 1.07 bits per heavy atom. The summed E-state index contributed by atoms with van der Waals surface area (Å²) in [6.45, 7) is 6.43. The Hall–Kier alpha value is -4.42. The molecule has 0 bridgehead atoms. The fraction of sp³-hybridized carbons (Fsp3) is 0.455. The van der Waals surface area contributed by atoms with Gasteiger partial charge in [-0.05, 0) is 79.9 Å². The van der Waals surface area contributed by atoms with E-state index in [1.54, 1.807) is 28.8 Å². The molecule has 0 spiro atoms. The SMILES string of the molecule is CCCCOc1nc(N)c2[nH]c(=O)n(Cc3ccc(CN4CCC(CCNC(=O)[C@@H](N)Cc5ccc(O)cc5)CC4)cc3)c2n1. The van der Waals surface area contributed by atoms with Crippen LogP contribution in [0.3, 0.4) is 0 Å². The molecule has 1 saturated heterocycles. The number of carbonyl (C=O) groups is 1. The lowest BCUT2D eigenvalue weighted by Gasteiger charge is -2.32. The number of phenolic OH excluding ortho intramolecular Hbond substituents is 1. The maximum atomic E-state index is 12.7. The molecule has 0 aliphatic carbocycles. The molecule has 45 heavy (non-hydrogen) atoms. The van der Waals surface area contributed by atoms with Crippen molar-refractivity contribution in [1.82, 2.24) is 29.7 Å². The maximum Gasteiger partial charge on any atom is 0.328 e. The summed E-state index contributed by atoms with van der Waals surface area (Å²) in [7, 11) is 0. The third-order valence-corrected chi connectivity index (χ3v) is 8.42. The number of benzene rings is 2. The summed E-state index contributed by atoms with van der Waals surface area (Å²) in [6.07, 6.45) is 5.43. The minimum atomic E-state index is -0.610. The first-order chi connectivity index (χ1) is 21.8. The molecule has 4 aromatic rings. The van der Waals surface area contributed by atoms with Crippen LogP contribution in [0.15, 0.2) is 53.3 Å². The van der Waals surface area contributed by atoms with Gasteiger partial charge in [0.1, 0.15) is 11.3 Å². The van der Waals surface area contributed by atoms with Crippen molar-refractivity contribution in [2.24, 2.45) is 11.7 Å². The minimum Gasteiger partial charge on any atom is -0.508 e. The van der Waals surface area contributed by atoms with Crippen LogP contribution in [0.5, 0.6) is 11.8 Å². The number of amides is 1. The van der Waals surface area contributed by atoms with Gasteiger partial charge in [0.2, 0.25) is 5.91 Å². The lowest BCUT2D eigenvalue weighted by molar-refractivity contribution is -0.122. The second kappa shape index (κ2) is 15.0. The maximum absolute atomic E-state index is 12.7. The first kappa shape index (κ1) is 32.0. The molecule has 0 saturated carbocycles. The van der Waals surface area contributed by atoms with Crippen molar-refractivity contribution in [3.8, 4) is 11.8 Å². The molecule has 1 aliphatic heterocycles. The number of unbranched alkanes of at least 4 members (excludes halogenated alkanes) is 1. The zero-order valence-corrected chi connectivity index (χ0v) is 25.9. The van der Waals surface area contributed by atoms with Gasteiger partial charge in [-0.3, -0.25) is 14.3 Å². The number of hydrogen-bond acceptors (Lipinski definition) is 9. The Balaban J connectivity index is 1.06. The summed E-state index contributed by atoms with van der Waals surface area (Å²) >= 11 is 0. The van der Waals surface area contributed by atoms with Gasteiger partial charge in [0.05, 0.1) is 19.2 Å². The number of H-pyrrole nitrogens is 1. The summed E-state index contributed by atoms with van der Waals surface area (Å²) in [4.78, 5) is 39.0. The predicted octanol–water partition coefficient (Wildman–Crippen LogP) is 2.92. The van der Waals surface area contributed by atoms with Crippen LogP contribution in [0.4, 0.5) is 5.82 Å². The summed E-state index contributed by atoms with van der Waals surface area (Å²) in [5.41, 5.74) is 15.8. The highest BCUT2D eigenvalue weighted by Gasteiger charge is 2.21. The number of aromatic nitrogens is 4. The number of rotatable bonds is 14. The zero-order valence-electron chi connectivity index (χ0n) is 25.9. The van der Waals surface area contributed by atoms with E-state index in [0.29, 0.717) is 43.2 Å². The topological polar surface area (TPSA) is 177 Å². The van der Waals surface area contributed by atoms with E-state index in [9.17, 15) is 14.7 Å². The van der Waals surface area contributed by atoms with Gasteiger partial charge in [-0.1, -0.05) is 49.7 Å². The Labute approximate surface area is 262 Å². The van der Waals surface area contributed by atoms with Crippen molar-refractivity contribution in [3.63, 3.8) is 0 Å². The number of ether oxygens (including phenoxy) is 1. The first-order valence-electron chi connectivity index (χ1n) is 15.8. The highest BCUT2D eigenvalue weighted by Crippen LogP contribution is 2.23. The highest BCUT2D eigenvalue weighted by molar-refractivity contribution is 5.82. The summed E-state index contributed by atoms with van der Waals surface area (Å²) in [5.74, 6) is 0.819. The second-order valence-electron chi connectivity index (χ2n) is 11.9. The van der Waals surface area contributed by atoms with Gasteiger partial charge < -0.3 is 31.6 Å². The molecule has 5 rings (SSSR count). The van der Waals surface area contributed by atoms with Crippen LogP contribution < -0.4 is 27.2 Å². The number of nitrogens with one attached hydrogen (secondary N) is 2. The summed E-state index contributed by atoms with van der Waals surface area (Å²) in [5, 5.41) is 12.4. The van der Waals surface area contributed by atoms with Crippen LogP contribution in [-0.4, -0.2) is 67.7 Å². The number of hydrogen-bond donors (Lipinski definition) is 5. The van der Waals surface area contributed by atoms with Crippen molar-refractivity contribution in [1.29, 1.82) is 0 Å². The van der Waals surface area contributed by atoms with Gasteiger partial charge in [0.15, 0.2) is 11.5 Å². The quantitative estimate of drug-likeness (QED) is 0.133. The average molecular weight is 617 g/mol. The standard InChI is InChI=1S/C33H44N8O4/c1-2-3-18-45-32-38-29(35)28-30(39-32)41(33(44)37-28)21-25-6-4-24(5-7-25)20-40-16-13-22(14-17-40)12-15-36-31(43)27(34)19-23-8-10-26(42)11-9-23/h4-11,22,27,42H,2-3,12-21,34H2,1H3,(H,36,43)(H,37,44)(H2,35,38,39)/t27-/m0/s1. The number of aromatic amines is 1. The van der Waals surface area contributed by atoms with Gasteiger partial charge in [-0.25, -0.2) is 4.79 Å². The second-order valence-corrected chi connectivity index (χ2v) is 11.9. The van der Waals surface area contributed by atoms with E-state index in [2.05, 4.69) is 44.2 Å². The number of nitrogens with zero attached hydrogens (tertiary/aromatic N) is 4. The van der Waals surface area contributed by atoms with Gasteiger partial charge >= 0.3 is 11.7 Å². The van der Waals surface area contributed by atoms with Gasteiger partial charge in [-0.2, -0.15) is 9.97 Å². The molecule has 2 aromatic carbocycles. The Kier molecular flexibility index (Phi) is 10.7. The zero-order chi connectivity index (χ0) is 31.8. The number of anilines is 1. The largest absolute Gasteiger partial charge is 0.508 e. The monoisotopic (exact) mass is 616 g/mol. The van der Waals surface area contributed by atoms with Gasteiger partial charge in [-0.15, -0.1) is 0 Å². The molecule has 12 heteroatoms. The molecule has 240 valence electrons. The van der Waals surface area contributed by atoms with E-state index in [1.165, 1.54) is 5.56 Å². The number of imidazole rings is 1. The Bertz CT molecular complexity index is 1610. The average Bonchev–Trinajstić information content (AvgIpc) is 3.35. The van der Waals surface area contributed by atoms with Crippen LogP contribution >= 0.6 is 0 Å². The molecule has 12 nitrogen and oxygen atoms in total. The third-order valence-electron chi connectivity index (χ3n) is 8.42.